The first-order chi connectivity index (χ1) is 14.1. The summed E-state index contributed by atoms with van der Waals surface area (Å²) >= 11 is 0. The number of anilines is 1. The molecule has 0 saturated heterocycles. The number of nitrogens with zero attached hydrogens (tertiary/aromatic N) is 3. The SMILES string of the molecule is CCc1ccc(NC(=O)[C@@H](CC)n2cnc3nc4c(cc3c2=O)CCCC4)cc1. The molecule has 0 unspecified atom stereocenters. The first-order valence-corrected chi connectivity index (χ1v) is 10.4. The van der Waals surface area contributed by atoms with Crippen LogP contribution >= 0.6 is 0 Å². The van der Waals surface area contributed by atoms with Gasteiger partial charge in [0.15, 0.2) is 5.65 Å². The molecule has 2 aromatic heterocycles. The first-order valence-electron chi connectivity index (χ1n) is 10.4. The molecule has 0 bridgehead atoms. The summed E-state index contributed by atoms with van der Waals surface area (Å²) in [5, 5.41) is 3.42. The molecular formula is C23H26N4O2. The van der Waals surface area contributed by atoms with Crippen molar-refractivity contribution >= 4 is 22.6 Å². The number of nitrogens with one attached hydrogen (secondary N) is 1. The van der Waals surface area contributed by atoms with Gasteiger partial charge in [0.2, 0.25) is 5.91 Å². The summed E-state index contributed by atoms with van der Waals surface area (Å²) in [7, 11) is 0. The molecule has 0 fully saturated rings. The number of pyridine rings is 1. The average Bonchev–Trinajstić information content (AvgIpc) is 2.75. The van der Waals surface area contributed by atoms with Crippen molar-refractivity contribution in [1.82, 2.24) is 14.5 Å². The quantitative estimate of drug-likeness (QED) is 0.718. The topological polar surface area (TPSA) is 76.9 Å². The number of benzene rings is 1. The number of carbonyl (C=O) groups excluding carboxylic acids is 1. The van der Waals surface area contributed by atoms with Crippen molar-refractivity contribution in [3.05, 3.63) is 63.8 Å². The van der Waals surface area contributed by atoms with Gasteiger partial charge in [-0.3, -0.25) is 14.2 Å². The monoisotopic (exact) mass is 390 g/mol. The highest BCUT2D eigenvalue weighted by Gasteiger charge is 2.22. The number of carbonyl (C=O) groups is 1. The van der Waals surface area contributed by atoms with Gasteiger partial charge in [0, 0.05) is 11.4 Å². The van der Waals surface area contributed by atoms with Gasteiger partial charge in [0.25, 0.3) is 5.56 Å². The van der Waals surface area contributed by atoms with Gasteiger partial charge >= 0.3 is 0 Å². The van der Waals surface area contributed by atoms with Crippen LogP contribution in [0, 0.1) is 0 Å². The minimum absolute atomic E-state index is 0.209. The number of fused-ring (bicyclic) bond motifs is 2. The predicted octanol–water partition coefficient (Wildman–Crippen LogP) is 3.82. The summed E-state index contributed by atoms with van der Waals surface area (Å²) < 4.78 is 1.44. The van der Waals surface area contributed by atoms with Crippen molar-refractivity contribution in [2.45, 2.75) is 58.4 Å². The Balaban J connectivity index is 1.66. The Labute approximate surface area is 170 Å². The second-order valence-electron chi connectivity index (χ2n) is 7.59. The third kappa shape index (κ3) is 3.79. The fraction of sp³-hybridized carbons (Fsp3) is 0.391. The minimum Gasteiger partial charge on any atom is -0.324 e. The fourth-order valence-electron chi connectivity index (χ4n) is 3.97. The molecule has 1 aliphatic rings. The summed E-state index contributed by atoms with van der Waals surface area (Å²) in [5.41, 5.74) is 4.38. The molecule has 150 valence electrons. The van der Waals surface area contributed by atoms with E-state index in [1.165, 1.54) is 16.5 Å². The van der Waals surface area contributed by atoms with E-state index < -0.39 is 6.04 Å². The molecule has 2 heterocycles. The van der Waals surface area contributed by atoms with E-state index in [0.29, 0.717) is 17.5 Å². The summed E-state index contributed by atoms with van der Waals surface area (Å²) in [6.45, 7) is 3.98. The van der Waals surface area contributed by atoms with Crippen molar-refractivity contribution in [3.63, 3.8) is 0 Å². The van der Waals surface area contributed by atoms with E-state index in [4.69, 9.17) is 0 Å². The van der Waals surface area contributed by atoms with Crippen molar-refractivity contribution in [3.8, 4) is 0 Å². The van der Waals surface area contributed by atoms with Crippen molar-refractivity contribution in [2.24, 2.45) is 0 Å². The molecule has 0 radical (unpaired) electrons. The van der Waals surface area contributed by atoms with E-state index >= 15 is 0 Å². The molecule has 6 nitrogen and oxygen atoms in total. The fourth-order valence-corrected chi connectivity index (χ4v) is 3.97. The van der Waals surface area contributed by atoms with Crippen LogP contribution in [0.4, 0.5) is 5.69 Å². The summed E-state index contributed by atoms with van der Waals surface area (Å²) in [6.07, 6.45) is 7.02. The van der Waals surface area contributed by atoms with Crippen LogP contribution in [0.3, 0.4) is 0 Å². The lowest BCUT2D eigenvalue weighted by Crippen LogP contribution is -2.33. The largest absolute Gasteiger partial charge is 0.324 e. The van der Waals surface area contributed by atoms with Crippen LogP contribution in [0.15, 0.2) is 41.5 Å². The lowest BCUT2D eigenvalue weighted by Gasteiger charge is -2.19. The Bertz CT molecular complexity index is 1100. The molecule has 0 spiro atoms. The van der Waals surface area contributed by atoms with E-state index in [2.05, 4.69) is 22.2 Å². The van der Waals surface area contributed by atoms with Gasteiger partial charge in [-0.1, -0.05) is 26.0 Å². The third-order valence-electron chi connectivity index (χ3n) is 5.70. The van der Waals surface area contributed by atoms with Gasteiger partial charge in [-0.05, 0) is 67.9 Å². The third-order valence-corrected chi connectivity index (χ3v) is 5.70. The molecular weight excluding hydrogens is 364 g/mol. The van der Waals surface area contributed by atoms with Crippen LogP contribution < -0.4 is 10.9 Å². The first kappa shape index (κ1) is 19.3. The van der Waals surface area contributed by atoms with Gasteiger partial charge in [-0.15, -0.1) is 0 Å². The molecule has 1 amide bonds. The number of aromatic nitrogens is 3. The summed E-state index contributed by atoms with van der Waals surface area (Å²) in [6, 6.07) is 9.07. The van der Waals surface area contributed by atoms with Crippen LogP contribution in [0.25, 0.3) is 11.0 Å². The smallest absolute Gasteiger partial charge is 0.263 e. The zero-order valence-corrected chi connectivity index (χ0v) is 16.9. The number of rotatable bonds is 5. The minimum atomic E-state index is -0.624. The Morgan fingerprint density at radius 2 is 1.93 bits per heavy atom. The van der Waals surface area contributed by atoms with Crippen molar-refractivity contribution in [2.75, 3.05) is 5.32 Å². The summed E-state index contributed by atoms with van der Waals surface area (Å²) in [4.78, 5) is 35.1. The molecule has 0 saturated carbocycles. The molecule has 0 aliphatic heterocycles. The second kappa shape index (κ2) is 8.15. The van der Waals surface area contributed by atoms with Crippen molar-refractivity contribution < 1.29 is 4.79 Å². The highest BCUT2D eigenvalue weighted by molar-refractivity contribution is 5.93. The maximum absolute atomic E-state index is 13.2. The van der Waals surface area contributed by atoms with E-state index in [1.807, 2.05) is 37.3 Å². The molecule has 1 N–H and O–H groups in total. The van der Waals surface area contributed by atoms with E-state index in [9.17, 15) is 9.59 Å². The number of amides is 1. The molecule has 6 heteroatoms. The van der Waals surface area contributed by atoms with Crippen LogP contribution in [-0.2, 0) is 24.1 Å². The maximum atomic E-state index is 13.2. The number of hydrogen-bond donors (Lipinski definition) is 1. The van der Waals surface area contributed by atoms with Crippen molar-refractivity contribution in [1.29, 1.82) is 0 Å². The molecule has 1 atom stereocenters. The van der Waals surface area contributed by atoms with E-state index in [-0.39, 0.29) is 11.5 Å². The van der Waals surface area contributed by atoms with Crippen LogP contribution in [0.2, 0.25) is 0 Å². The van der Waals surface area contributed by atoms with Gasteiger partial charge < -0.3 is 5.32 Å². The van der Waals surface area contributed by atoms with Gasteiger partial charge in [0.05, 0.1) is 5.39 Å². The molecule has 1 aromatic carbocycles. The van der Waals surface area contributed by atoms with Gasteiger partial charge in [-0.25, -0.2) is 9.97 Å². The lowest BCUT2D eigenvalue weighted by molar-refractivity contribution is -0.119. The zero-order chi connectivity index (χ0) is 20.4. The average molecular weight is 390 g/mol. The number of hydrogen-bond acceptors (Lipinski definition) is 4. The van der Waals surface area contributed by atoms with Gasteiger partial charge in [-0.2, -0.15) is 0 Å². The Morgan fingerprint density at radius 3 is 2.66 bits per heavy atom. The zero-order valence-electron chi connectivity index (χ0n) is 16.9. The Hall–Kier alpha value is -3.02. The van der Waals surface area contributed by atoms with E-state index in [1.54, 1.807) is 0 Å². The highest BCUT2D eigenvalue weighted by Crippen LogP contribution is 2.22. The van der Waals surface area contributed by atoms with Crippen LogP contribution in [0.1, 0.15) is 56.0 Å². The Morgan fingerprint density at radius 1 is 1.17 bits per heavy atom. The second-order valence-corrected chi connectivity index (χ2v) is 7.59. The Kier molecular flexibility index (Phi) is 5.43. The standard InChI is InChI=1S/C23H26N4O2/c1-3-15-9-11-17(12-10-15)25-22(28)20(4-2)27-14-24-21-18(23(27)29)13-16-7-5-6-8-19(16)26-21/h9-14,20H,3-8H2,1-2H3,(H,25,28)/t20-/m1/s1. The predicted molar refractivity (Wildman–Crippen MR) is 114 cm³/mol. The summed E-state index contributed by atoms with van der Waals surface area (Å²) in [5.74, 6) is -0.217. The van der Waals surface area contributed by atoms with Crippen LogP contribution in [-0.4, -0.2) is 20.4 Å². The van der Waals surface area contributed by atoms with Gasteiger partial charge in [0.1, 0.15) is 12.4 Å². The highest BCUT2D eigenvalue weighted by atomic mass is 16.2. The lowest BCUT2D eigenvalue weighted by atomic mass is 9.95. The molecule has 3 aromatic rings. The van der Waals surface area contributed by atoms with Crippen LogP contribution in [0.5, 0.6) is 0 Å². The molecule has 1 aliphatic carbocycles. The normalized spacial score (nSPS) is 14.4. The van der Waals surface area contributed by atoms with E-state index in [0.717, 1.165) is 49.0 Å². The molecule has 4 rings (SSSR count). The maximum Gasteiger partial charge on any atom is 0.263 e. The molecule has 29 heavy (non-hydrogen) atoms. The number of aryl methyl sites for hydroxylation is 3.